The van der Waals surface area contributed by atoms with E-state index >= 15 is 0 Å². The van der Waals surface area contributed by atoms with Gasteiger partial charge in [0.25, 0.3) is 0 Å². The molecular formula is C25H36N2O4. The molecule has 1 saturated heterocycles. The molecule has 6 nitrogen and oxygen atoms in total. The topological polar surface area (TPSA) is 71.0 Å². The van der Waals surface area contributed by atoms with Gasteiger partial charge in [0.1, 0.15) is 6.10 Å². The van der Waals surface area contributed by atoms with Crippen LogP contribution in [0.25, 0.3) is 0 Å². The molecule has 2 aliphatic heterocycles. The maximum atomic E-state index is 11.8. The minimum absolute atomic E-state index is 0.216. The van der Waals surface area contributed by atoms with Crippen LogP contribution in [0.5, 0.6) is 11.5 Å². The van der Waals surface area contributed by atoms with Crippen LogP contribution in [0.3, 0.4) is 0 Å². The highest BCUT2D eigenvalue weighted by atomic mass is 16.7. The van der Waals surface area contributed by atoms with Crippen LogP contribution < -0.4 is 14.8 Å². The van der Waals surface area contributed by atoms with Crippen LogP contribution in [0.15, 0.2) is 18.2 Å². The molecule has 2 N–H and O–H groups in total. The molecule has 1 aromatic rings. The molecule has 0 radical (unpaired) electrons. The van der Waals surface area contributed by atoms with Crippen molar-refractivity contribution < 1.29 is 19.4 Å². The van der Waals surface area contributed by atoms with Crippen molar-refractivity contribution in [1.29, 1.82) is 0 Å². The summed E-state index contributed by atoms with van der Waals surface area (Å²) in [6.45, 7) is 5.43. The minimum Gasteiger partial charge on any atom is -0.454 e. The lowest BCUT2D eigenvalue weighted by Gasteiger charge is -2.35. The van der Waals surface area contributed by atoms with Crippen molar-refractivity contribution in [2.24, 2.45) is 11.3 Å². The molecule has 2 atom stereocenters. The van der Waals surface area contributed by atoms with Gasteiger partial charge in [-0.2, -0.15) is 0 Å². The van der Waals surface area contributed by atoms with Gasteiger partial charge in [-0.3, -0.25) is 4.79 Å². The van der Waals surface area contributed by atoms with Crippen molar-refractivity contribution >= 4 is 5.91 Å². The predicted octanol–water partition coefficient (Wildman–Crippen LogP) is 3.43. The van der Waals surface area contributed by atoms with Gasteiger partial charge in [0.2, 0.25) is 12.7 Å². The molecule has 6 heteroatoms. The van der Waals surface area contributed by atoms with Crippen molar-refractivity contribution in [3.05, 3.63) is 23.8 Å². The first kappa shape index (κ1) is 21.1. The quantitative estimate of drug-likeness (QED) is 0.726. The molecule has 0 unspecified atom stereocenters. The van der Waals surface area contributed by atoms with Gasteiger partial charge in [0.05, 0.1) is 0 Å². The third kappa shape index (κ3) is 4.42. The number of aliphatic hydroxyl groups is 1. The second-order valence-corrected chi connectivity index (χ2v) is 10.2. The summed E-state index contributed by atoms with van der Waals surface area (Å²) in [4.78, 5) is 14.4. The number of amides is 1. The largest absolute Gasteiger partial charge is 0.454 e. The number of nitrogens with one attached hydrogen (secondary N) is 1. The number of para-hydroxylation sites is 1. The smallest absolute Gasteiger partial charge is 0.248 e. The number of aliphatic hydroxyl groups excluding tert-OH is 1. The molecule has 1 aromatic carbocycles. The Morgan fingerprint density at radius 2 is 2.00 bits per heavy atom. The fourth-order valence-corrected chi connectivity index (χ4v) is 6.04. The Morgan fingerprint density at radius 3 is 2.74 bits per heavy atom. The highest BCUT2D eigenvalue weighted by Crippen LogP contribution is 2.57. The highest BCUT2D eigenvalue weighted by molar-refractivity contribution is 5.80. The second-order valence-electron chi connectivity index (χ2n) is 10.2. The van der Waals surface area contributed by atoms with Crippen molar-refractivity contribution in [2.75, 3.05) is 26.4 Å². The predicted molar refractivity (Wildman–Crippen MR) is 118 cm³/mol. The maximum absolute atomic E-state index is 11.8. The molecule has 5 rings (SSSR count). The number of fused-ring (bicyclic) bond motifs is 1. The van der Waals surface area contributed by atoms with Gasteiger partial charge < -0.3 is 24.8 Å². The third-order valence-electron chi connectivity index (χ3n) is 8.29. The van der Waals surface area contributed by atoms with Gasteiger partial charge in [-0.25, -0.2) is 0 Å². The molecule has 1 spiro atoms. The SMILES string of the molecule is C[C@@H](O)C(=O)N[C@H]1CC12CCC(CCN1CCC(c3cccc4c3OCO4)CC1)CC2. The lowest BCUT2D eigenvalue weighted by molar-refractivity contribution is -0.128. The van der Waals surface area contributed by atoms with Crippen molar-refractivity contribution in [3.8, 4) is 11.5 Å². The van der Waals surface area contributed by atoms with E-state index in [9.17, 15) is 9.90 Å². The van der Waals surface area contributed by atoms with E-state index in [1.54, 1.807) is 6.92 Å². The Labute approximate surface area is 185 Å². The Balaban J connectivity index is 1.03. The van der Waals surface area contributed by atoms with E-state index in [0.717, 1.165) is 23.8 Å². The molecular weight excluding hydrogens is 392 g/mol. The van der Waals surface area contributed by atoms with Crippen molar-refractivity contribution in [3.63, 3.8) is 0 Å². The van der Waals surface area contributed by atoms with Crippen molar-refractivity contribution in [1.82, 2.24) is 10.2 Å². The number of nitrogens with zero attached hydrogens (tertiary/aromatic N) is 1. The Bertz CT molecular complexity index is 795. The summed E-state index contributed by atoms with van der Waals surface area (Å²) < 4.78 is 11.3. The number of carbonyl (C=O) groups excluding carboxylic acids is 1. The monoisotopic (exact) mass is 428 g/mol. The molecule has 170 valence electrons. The second kappa shape index (κ2) is 8.62. The summed E-state index contributed by atoms with van der Waals surface area (Å²) in [6.07, 6.45) is 8.90. The molecule has 1 amide bonds. The summed E-state index contributed by atoms with van der Waals surface area (Å²) in [7, 11) is 0. The van der Waals surface area contributed by atoms with Crippen LogP contribution in [0.1, 0.15) is 69.8 Å². The van der Waals surface area contributed by atoms with Crippen LogP contribution in [-0.2, 0) is 4.79 Å². The highest BCUT2D eigenvalue weighted by Gasteiger charge is 2.55. The first-order valence-corrected chi connectivity index (χ1v) is 12.1. The maximum Gasteiger partial charge on any atom is 0.248 e. The van der Waals surface area contributed by atoms with E-state index in [0.29, 0.717) is 24.2 Å². The van der Waals surface area contributed by atoms with E-state index < -0.39 is 6.10 Å². The summed E-state index contributed by atoms with van der Waals surface area (Å²) in [5.41, 5.74) is 1.66. The van der Waals surface area contributed by atoms with Gasteiger partial charge >= 0.3 is 0 Å². The molecule has 2 aliphatic carbocycles. The Kier molecular flexibility index (Phi) is 5.86. The number of hydrogen-bond acceptors (Lipinski definition) is 5. The third-order valence-corrected chi connectivity index (χ3v) is 8.29. The number of ether oxygens (including phenoxy) is 2. The first-order valence-electron chi connectivity index (χ1n) is 12.1. The number of likely N-dealkylation sites (tertiary alicyclic amines) is 1. The molecule has 3 fully saturated rings. The minimum atomic E-state index is -0.901. The lowest BCUT2D eigenvalue weighted by atomic mass is 9.78. The van der Waals surface area contributed by atoms with E-state index in [4.69, 9.17) is 9.47 Å². The van der Waals surface area contributed by atoms with E-state index in [1.165, 1.54) is 70.1 Å². The molecule has 0 aromatic heterocycles. The normalized spacial score (nSPS) is 31.5. The summed E-state index contributed by atoms with van der Waals surface area (Å²) in [6, 6.07) is 6.59. The van der Waals surface area contributed by atoms with Crippen LogP contribution in [-0.4, -0.2) is 54.5 Å². The standard InChI is InChI=1S/C25H36N2O4/c1-17(28)24(29)26-22-15-25(22)10-5-18(6-11-25)7-12-27-13-8-19(9-14-27)20-3-2-4-21-23(20)31-16-30-21/h2-4,17-19,22,28H,5-16H2,1H3,(H,26,29)/t17-,18?,22+,25?/m1/s1. The van der Waals surface area contributed by atoms with E-state index in [2.05, 4.69) is 22.3 Å². The fraction of sp³-hybridized carbons (Fsp3) is 0.720. The Hall–Kier alpha value is -1.79. The molecule has 0 bridgehead atoms. The fourth-order valence-electron chi connectivity index (χ4n) is 6.04. The summed E-state index contributed by atoms with van der Waals surface area (Å²) in [5.74, 6) is 3.05. The van der Waals surface area contributed by atoms with Gasteiger partial charge in [-0.15, -0.1) is 0 Å². The molecule has 2 saturated carbocycles. The van der Waals surface area contributed by atoms with E-state index in [1.807, 2.05) is 6.07 Å². The molecule has 4 aliphatic rings. The number of rotatable bonds is 6. The zero-order valence-electron chi connectivity index (χ0n) is 18.6. The average Bonchev–Trinajstić information content (AvgIpc) is 3.20. The summed E-state index contributed by atoms with van der Waals surface area (Å²) in [5, 5.41) is 12.4. The lowest BCUT2D eigenvalue weighted by Crippen LogP contribution is -2.37. The van der Waals surface area contributed by atoms with Gasteiger partial charge in [-0.1, -0.05) is 12.1 Å². The van der Waals surface area contributed by atoms with Crippen LogP contribution >= 0.6 is 0 Å². The van der Waals surface area contributed by atoms with Crippen LogP contribution in [0.4, 0.5) is 0 Å². The zero-order chi connectivity index (χ0) is 21.4. The summed E-state index contributed by atoms with van der Waals surface area (Å²) >= 11 is 0. The average molecular weight is 429 g/mol. The van der Waals surface area contributed by atoms with Crippen LogP contribution in [0, 0.1) is 11.3 Å². The number of benzene rings is 1. The molecule has 31 heavy (non-hydrogen) atoms. The first-order chi connectivity index (χ1) is 15.0. The van der Waals surface area contributed by atoms with Gasteiger partial charge in [0.15, 0.2) is 11.5 Å². The van der Waals surface area contributed by atoms with Crippen LogP contribution in [0.2, 0.25) is 0 Å². The number of piperidine rings is 1. The zero-order valence-corrected chi connectivity index (χ0v) is 18.6. The number of carbonyl (C=O) groups is 1. The van der Waals surface area contributed by atoms with E-state index in [-0.39, 0.29) is 5.91 Å². The molecule has 2 heterocycles. The van der Waals surface area contributed by atoms with Gasteiger partial charge in [-0.05, 0) is 101 Å². The Morgan fingerprint density at radius 1 is 1.23 bits per heavy atom. The van der Waals surface area contributed by atoms with Crippen molar-refractivity contribution in [2.45, 2.75) is 76.4 Å². The number of hydrogen-bond donors (Lipinski definition) is 2. The van der Waals surface area contributed by atoms with Gasteiger partial charge in [0, 0.05) is 11.6 Å².